The minimum Gasteiger partial charge on any atom is -0.493 e. The van der Waals surface area contributed by atoms with Crippen molar-refractivity contribution in [1.82, 2.24) is 0 Å². The number of hydrogen-bond donors (Lipinski definition) is 0. The van der Waals surface area contributed by atoms with Gasteiger partial charge in [-0.3, -0.25) is 4.79 Å². The van der Waals surface area contributed by atoms with Crippen LogP contribution in [-0.2, 0) is 11.2 Å². The first kappa shape index (κ1) is 16.0. The maximum Gasteiger partial charge on any atom is 0.135 e. The van der Waals surface area contributed by atoms with Crippen LogP contribution in [0.15, 0.2) is 18.2 Å². The quantitative estimate of drug-likeness (QED) is 0.692. The van der Waals surface area contributed by atoms with Crippen LogP contribution in [0, 0.1) is 5.92 Å². The Kier molecular flexibility index (Phi) is 6.93. The molecule has 0 saturated carbocycles. The van der Waals surface area contributed by atoms with Crippen LogP contribution in [0.3, 0.4) is 0 Å². The van der Waals surface area contributed by atoms with Crippen molar-refractivity contribution in [2.45, 2.75) is 46.5 Å². The Morgan fingerprint density at radius 3 is 2.74 bits per heavy atom. The van der Waals surface area contributed by atoms with E-state index in [2.05, 4.69) is 6.92 Å². The van der Waals surface area contributed by atoms with Gasteiger partial charge in [-0.15, -0.1) is 0 Å². The van der Waals surface area contributed by atoms with E-state index in [-0.39, 0.29) is 5.92 Å². The van der Waals surface area contributed by atoms with Crippen LogP contribution in [0.4, 0.5) is 0 Å². The van der Waals surface area contributed by atoms with Gasteiger partial charge < -0.3 is 4.74 Å². The van der Waals surface area contributed by atoms with Gasteiger partial charge in [0.15, 0.2) is 0 Å². The Morgan fingerprint density at radius 1 is 1.37 bits per heavy atom. The molecule has 0 saturated heterocycles. The summed E-state index contributed by atoms with van der Waals surface area (Å²) in [4.78, 5) is 11.6. The molecule has 0 aliphatic rings. The predicted molar refractivity (Wildman–Crippen MR) is 80.0 cm³/mol. The molecule has 0 aliphatic carbocycles. The van der Waals surface area contributed by atoms with Gasteiger partial charge in [0, 0.05) is 17.4 Å². The molecule has 1 aromatic rings. The van der Waals surface area contributed by atoms with Crippen LogP contribution in [-0.4, -0.2) is 12.4 Å². The van der Waals surface area contributed by atoms with E-state index in [1.165, 1.54) is 0 Å². The van der Waals surface area contributed by atoms with Crippen molar-refractivity contribution in [3.63, 3.8) is 0 Å². The van der Waals surface area contributed by atoms with Crippen LogP contribution in [0.25, 0.3) is 0 Å². The number of ether oxygens (including phenoxy) is 1. The van der Waals surface area contributed by atoms with E-state index in [4.69, 9.17) is 16.3 Å². The van der Waals surface area contributed by atoms with Crippen LogP contribution < -0.4 is 4.74 Å². The fourth-order valence-corrected chi connectivity index (χ4v) is 2.03. The van der Waals surface area contributed by atoms with Gasteiger partial charge in [0.25, 0.3) is 0 Å². The highest BCUT2D eigenvalue weighted by atomic mass is 35.5. The van der Waals surface area contributed by atoms with Crippen molar-refractivity contribution < 1.29 is 9.53 Å². The monoisotopic (exact) mass is 282 g/mol. The zero-order valence-corrected chi connectivity index (χ0v) is 12.8. The van der Waals surface area contributed by atoms with E-state index < -0.39 is 0 Å². The van der Waals surface area contributed by atoms with Crippen molar-refractivity contribution in [3.05, 3.63) is 28.8 Å². The summed E-state index contributed by atoms with van der Waals surface area (Å²) in [5, 5.41) is 0.717. The van der Waals surface area contributed by atoms with Gasteiger partial charge in [-0.25, -0.2) is 0 Å². The van der Waals surface area contributed by atoms with E-state index in [1.54, 1.807) is 0 Å². The maximum atomic E-state index is 11.6. The molecule has 19 heavy (non-hydrogen) atoms. The summed E-state index contributed by atoms with van der Waals surface area (Å²) >= 11 is 6.02. The Hall–Kier alpha value is -1.02. The number of halogens is 1. The number of benzene rings is 1. The summed E-state index contributed by atoms with van der Waals surface area (Å²) < 4.78 is 5.70. The van der Waals surface area contributed by atoms with Gasteiger partial charge in [-0.2, -0.15) is 0 Å². The van der Waals surface area contributed by atoms with Gasteiger partial charge >= 0.3 is 0 Å². The van der Waals surface area contributed by atoms with Gasteiger partial charge in [-0.1, -0.05) is 32.4 Å². The third-order valence-electron chi connectivity index (χ3n) is 3.00. The lowest BCUT2D eigenvalue weighted by Crippen LogP contribution is -2.07. The Morgan fingerprint density at radius 2 is 2.11 bits per heavy atom. The molecule has 0 unspecified atom stereocenters. The average Bonchev–Trinajstić information content (AvgIpc) is 2.37. The highest BCUT2D eigenvalue weighted by molar-refractivity contribution is 6.30. The van der Waals surface area contributed by atoms with Gasteiger partial charge in [0.05, 0.1) is 6.61 Å². The number of carbonyl (C=O) groups is 1. The number of ketones is 1. The molecule has 0 amide bonds. The minimum absolute atomic E-state index is 0.121. The SMILES string of the molecule is CCCOc1ccc(Cl)cc1CCCC(=O)C(C)C. The first-order valence-electron chi connectivity index (χ1n) is 6.98. The van der Waals surface area contributed by atoms with E-state index >= 15 is 0 Å². The first-order valence-corrected chi connectivity index (χ1v) is 7.36. The van der Waals surface area contributed by atoms with Crippen LogP contribution in [0.1, 0.15) is 45.6 Å². The molecule has 3 heteroatoms. The predicted octanol–water partition coefficient (Wildman–Crippen LogP) is 4.68. The second kappa shape index (κ2) is 8.21. The summed E-state index contributed by atoms with van der Waals surface area (Å²) in [6, 6.07) is 5.69. The molecule has 0 atom stereocenters. The molecule has 0 aliphatic heterocycles. The lowest BCUT2D eigenvalue weighted by molar-refractivity contribution is -0.121. The summed E-state index contributed by atoms with van der Waals surface area (Å²) in [5.74, 6) is 1.33. The molecule has 1 aromatic carbocycles. The van der Waals surface area contributed by atoms with Crippen molar-refractivity contribution in [2.75, 3.05) is 6.61 Å². The topological polar surface area (TPSA) is 26.3 Å². The Bertz CT molecular complexity index is 413. The zero-order valence-electron chi connectivity index (χ0n) is 12.0. The second-order valence-electron chi connectivity index (χ2n) is 5.08. The van der Waals surface area contributed by atoms with Crippen LogP contribution in [0.2, 0.25) is 5.02 Å². The normalized spacial score (nSPS) is 10.8. The highest BCUT2D eigenvalue weighted by Gasteiger charge is 2.09. The second-order valence-corrected chi connectivity index (χ2v) is 5.51. The first-order chi connectivity index (χ1) is 9.04. The standard InChI is InChI=1S/C16H23ClO2/c1-4-10-19-16-9-8-14(17)11-13(16)6-5-7-15(18)12(2)3/h8-9,11-12H,4-7,10H2,1-3H3. The third kappa shape index (κ3) is 5.65. The zero-order chi connectivity index (χ0) is 14.3. The fourth-order valence-electron chi connectivity index (χ4n) is 1.84. The lowest BCUT2D eigenvalue weighted by atomic mass is 10.0. The molecule has 0 radical (unpaired) electrons. The molecule has 0 N–H and O–H groups in total. The molecule has 0 heterocycles. The van der Waals surface area contributed by atoms with E-state index in [0.29, 0.717) is 23.8 Å². The highest BCUT2D eigenvalue weighted by Crippen LogP contribution is 2.25. The molecule has 0 aromatic heterocycles. The molecular weight excluding hydrogens is 260 g/mol. The molecule has 2 nitrogen and oxygen atoms in total. The molecule has 106 valence electrons. The lowest BCUT2D eigenvalue weighted by Gasteiger charge is -2.11. The van der Waals surface area contributed by atoms with Crippen LogP contribution >= 0.6 is 11.6 Å². The van der Waals surface area contributed by atoms with Crippen molar-refractivity contribution in [3.8, 4) is 5.75 Å². The van der Waals surface area contributed by atoms with E-state index in [9.17, 15) is 4.79 Å². The number of rotatable bonds is 8. The van der Waals surface area contributed by atoms with Crippen molar-refractivity contribution in [1.29, 1.82) is 0 Å². The van der Waals surface area contributed by atoms with Crippen molar-refractivity contribution in [2.24, 2.45) is 5.92 Å². The number of aryl methyl sites for hydroxylation is 1. The molecule has 1 rings (SSSR count). The minimum atomic E-state index is 0.121. The van der Waals surface area contributed by atoms with E-state index in [0.717, 1.165) is 30.6 Å². The molecular formula is C16H23ClO2. The Labute approximate surface area is 121 Å². The van der Waals surface area contributed by atoms with Gasteiger partial charge in [-0.05, 0) is 43.0 Å². The number of Topliss-reactive ketones (excluding diaryl/α,β-unsaturated/α-hetero) is 1. The fraction of sp³-hybridized carbons (Fsp3) is 0.562. The Balaban J connectivity index is 2.60. The molecule has 0 spiro atoms. The smallest absolute Gasteiger partial charge is 0.135 e. The van der Waals surface area contributed by atoms with Gasteiger partial charge in [0.2, 0.25) is 0 Å². The average molecular weight is 283 g/mol. The largest absolute Gasteiger partial charge is 0.493 e. The third-order valence-corrected chi connectivity index (χ3v) is 3.23. The molecule has 0 bridgehead atoms. The van der Waals surface area contributed by atoms with Crippen molar-refractivity contribution >= 4 is 17.4 Å². The van der Waals surface area contributed by atoms with Crippen LogP contribution in [0.5, 0.6) is 5.75 Å². The maximum absolute atomic E-state index is 11.6. The van der Waals surface area contributed by atoms with Gasteiger partial charge in [0.1, 0.15) is 11.5 Å². The number of carbonyl (C=O) groups excluding carboxylic acids is 1. The summed E-state index contributed by atoms with van der Waals surface area (Å²) in [5.41, 5.74) is 1.09. The summed E-state index contributed by atoms with van der Waals surface area (Å²) in [6.07, 6.45) is 3.28. The molecule has 0 fully saturated rings. The number of hydrogen-bond acceptors (Lipinski definition) is 2. The summed E-state index contributed by atoms with van der Waals surface area (Å²) in [7, 11) is 0. The van der Waals surface area contributed by atoms with E-state index in [1.807, 2.05) is 32.0 Å². The summed E-state index contributed by atoms with van der Waals surface area (Å²) in [6.45, 7) is 6.67.